The highest BCUT2D eigenvalue weighted by atomic mass is 32.2. The Balaban J connectivity index is 1.24. The van der Waals surface area contributed by atoms with Crippen LogP contribution in [-0.2, 0) is 16.1 Å². The molecule has 3 aliphatic rings. The first kappa shape index (κ1) is 17.0. The number of piperidine rings is 1. The standard InChI is InChI=1S/C20H22N4O2S/c1-26-17(25)10-20-4-7-24(12-14(20)9-20)11-13-2-3-16-15(8-13)23-18-19(27-16)22-6-5-21-18/h2-3,5-6,8,14H,4,7,9-12H2,1H3,(H,21,23). The number of esters is 1. The van der Waals surface area contributed by atoms with Crippen LogP contribution in [0.25, 0.3) is 0 Å². The van der Waals surface area contributed by atoms with E-state index in [2.05, 4.69) is 38.4 Å². The van der Waals surface area contributed by atoms with Crippen LogP contribution in [-0.4, -0.2) is 41.0 Å². The smallest absolute Gasteiger partial charge is 0.306 e. The van der Waals surface area contributed by atoms with E-state index in [0.29, 0.717) is 12.3 Å². The van der Waals surface area contributed by atoms with Crippen LogP contribution in [0.15, 0.2) is 40.5 Å². The van der Waals surface area contributed by atoms with Gasteiger partial charge in [0, 0.05) is 30.4 Å². The van der Waals surface area contributed by atoms with Crippen LogP contribution in [0, 0.1) is 11.3 Å². The van der Waals surface area contributed by atoms with E-state index in [9.17, 15) is 4.79 Å². The summed E-state index contributed by atoms with van der Waals surface area (Å²) in [6, 6.07) is 6.60. The van der Waals surface area contributed by atoms with Gasteiger partial charge in [-0.1, -0.05) is 17.8 Å². The molecule has 0 radical (unpaired) electrons. The lowest BCUT2D eigenvalue weighted by Gasteiger charge is -2.31. The van der Waals surface area contributed by atoms with E-state index in [0.717, 1.165) is 49.0 Å². The number of nitrogens with zero attached hydrogens (tertiary/aromatic N) is 3. The molecule has 140 valence electrons. The van der Waals surface area contributed by atoms with Crippen molar-refractivity contribution >= 4 is 29.2 Å². The van der Waals surface area contributed by atoms with Crippen LogP contribution in [0.1, 0.15) is 24.8 Å². The number of fused-ring (bicyclic) bond motifs is 3. The molecule has 2 atom stereocenters. The average molecular weight is 382 g/mol. The molecule has 0 amide bonds. The van der Waals surface area contributed by atoms with E-state index in [1.807, 2.05) is 0 Å². The Morgan fingerprint density at radius 1 is 1.41 bits per heavy atom. The van der Waals surface area contributed by atoms with Crippen molar-refractivity contribution in [1.82, 2.24) is 14.9 Å². The number of hydrogen-bond acceptors (Lipinski definition) is 7. The lowest BCUT2D eigenvalue weighted by molar-refractivity contribution is -0.142. The van der Waals surface area contributed by atoms with Crippen LogP contribution in [0.5, 0.6) is 0 Å². The van der Waals surface area contributed by atoms with E-state index in [-0.39, 0.29) is 11.4 Å². The van der Waals surface area contributed by atoms with Crippen molar-refractivity contribution in [2.75, 3.05) is 25.5 Å². The summed E-state index contributed by atoms with van der Waals surface area (Å²) in [5, 5.41) is 4.33. The molecule has 1 saturated carbocycles. The predicted octanol–water partition coefficient (Wildman–Crippen LogP) is 3.46. The zero-order valence-corrected chi connectivity index (χ0v) is 16.1. The Morgan fingerprint density at radius 2 is 2.30 bits per heavy atom. The summed E-state index contributed by atoms with van der Waals surface area (Å²) >= 11 is 1.66. The summed E-state index contributed by atoms with van der Waals surface area (Å²) < 4.78 is 4.87. The number of anilines is 2. The van der Waals surface area contributed by atoms with Crippen molar-refractivity contribution in [3.05, 3.63) is 36.2 Å². The molecule has 3 heterocycles. The number of methoxy groups -OCH3 is 1. The fourth-order valence-electron chi connectivity index (χ4n) is 4.43. The van der Waals surface area contributed by atoms with E-state index >= 15 is 0 Å². The largest absolute Gasteiger partial charge is 0.469 e. The third-order valence-electron chi connectivity index (χ3n) is 6.06. The molecular formula is C20H22N4O2S. The molecule has 0 bridgehead atoms. The maximum Gasteiger partial charge on any atom is 0.306 e. The fraction of sp³-hybridized carbons (Fsp3) is 0.450. The Labute approximate surface area is 162 Å². The molecule has 1 aliphatic carbocycles. The van der Waals surface area contributed by atoms with Crippen molar-refractivity contribution in [2.45, 2.75) is 35.7 Å². The van der Waals surface area contributed by atoms with Crippen molar-refractivity contribution in [3.8, 4) is 0 Å². The molecule has 1 N–H and O–H groups in total. The van der Waals surface area contributed by atoms with Crippen molar-refractivity contribution in [1.29, 1.82) is 0 Å². The third-order valence-corrected chi connectivity index (χ3v) is 7.13. The minimum absolute atomic E-state index is 0.0624. The van der Waals surface area contributed by atoms with Crippen LogP contribution >= 0.6 is 11.8 Å². The fourth-order valence-corrected chi connectivity index (χ4v) is 5.30. The number of aromatic nitrogens is 2. The van der Waals surface area contributed by atoms with E-state index < -0.39 is 0 Å². The first-order valence-corrected chi connectivity index (χ1v) is 10.1. The van der Waals surface area contributed by atoms with Gasteiger partial charge >= 0.3 is 5.97 Å². The normalized spacial score (nSPS) is 25.6. The second kappa shape index (κ2) is 6.49. The molecule has 0 spiro atoms. The first-order valence-electron chi connectivity index (χ1n) is 9.33. The summed E-state index contributed by atoms with van der Waals surface area (Å²) in [6.07, 6.45) is 6.28. The SMILES string of the molecule is COC(=O)CC12CCN(Cc3ccc4c(c3)Nc3nccnc3S4)CC1C2. The van der Waals surface area contributed by atoms with Gasteiger partial charge in [-0.05, 0) is 48.4 Å². The Hall–Kier alpha value is -2.12. The second-order valence-electron chi connectivity index (χ2n) is 7.77. The van der Waals surface area contributed by atoms with Gasteiger partial charge in [-0.3, -0.25) is 9.69 Å². The molecule has 1 aromatic carbocycles. The number of ether oxygens (including phenoxy) is 1. The number of hydrogen-bond donors (Lipinski definition) is 1. The molecule has 2 unspecified atom stereocenters. The topological polar surface area (TPSA) is 67.3 Å². The van der Waals surface area contributed by atoms with Crippen LogP contribution in [0.4, 0.5) is 11.5 Å². The number of likely N-dealkylation sites (tertiary alicyclic amines) is 1. The van der Waals surface area contributed by atoms with E-state index in [1.165, 1.54) is 17.6 Å². The van der Waals surface area contributed by atoms with Gasteiger partial charge < -0.3 is 10.1 Å². The molecule has 7 heteroatoms. The van der Waals surface area contributed by atoms with Gasteiger partial charge in [0.2, 0.25) is 0 Å². The minimum atomic E-state index is -0.0624. The summed E-state index contributed by atoms with van der Waals surface area (Å²) in [6.45, 7) is 3.06. The lowest BCUT2D eigenvalue weighted by atomic mass is 9.91. The first-order chi connectivity index (χ1) is 13.1. The Bertz CT molecular complexity index is 905. The van der Waals surface area contributed by atoms with Crippen LogP contribution in [0.2, 0.25) is 0 Å². The van der Waals surface area contributed by atoms with Gasteiger partial charge in [-0.15, -0.1) is 0 Å². The molecule has 2 aromatic rings. The maximum absolute atomic E-state index is 11.7. The third kappa shape index (κ3) is 3.19. The molecule has 2 fully saturated rings. The Kier molecular flexibility index (Phi) is 4.09. The van der Waals surface area contributed by atoms with Gasteiger partial charge in [0.15, 0.2) is 5.82 Å². The predicted molar refractivity (Wildman–Crippen MR) is 103 cm³/mol. The zero-order valence-electron chi connectivity index (χ0n) is 15.3. The monoisotopic (exact) mass is 382 g/mol. The summed E-state index contributed by atoms with van der Waals surface area (Å²) in [7, 11) is 1.48. The number of carbonyl (C=O) groups is 1. The summed E-state index contributed by atoms with van der Waals surface area (Å²) in [5.41, 5.74) is 2.63. The second-order valence-corrected chi connectivity index (χ2v) is 8.80. The van der Waals surface area contributed by atoms with Gasteiger partial charge in [0.05, 0.1) is 19.2 Å². The number of carbonyl (C=O) groups excluding carboxylic acids is 1. The molecule has 1 aromatic heterocycles. The zero-order chi connectivity index (χ0) is 18.4. The molecule has 5 rings (SSSR count). The van der Waals surface area contributed by atoms with Crippen LogP contribution in [0.3, 0.4) is 0 Å². The molecular weight excluding hydrogens is 360 g/mol. The summed E-state index contributed by atoms with van der Waals surface area (Å²) in [4.78, 5) is 24.1. The lowest BCUT2D eigenvalue weighted by Crippen LogP contribution is -2.35. The van der Waals surface area contributed by atoms with E-state index in [1.54, 1.807) is 24.2 Å². The molecule has 27 heavy (non-hydrogen) atoms. The quantitative estimate of drug-likeness (QED) is 0.693. The van der Waals surface area contributed by atoms with Crippen molar-refractivity contribution in [2.24, 2.45) is 11.3 Å². The highest BCUT2D eigenvalue weighted by molar-refractivity contribution is 7.99. The van der Waals surface area contributed by atoms with Gasteiger partial charge in [0.25, 0.3) is 0 Å². The number of benzene rings is 1. The van der Waals surface area contributed by atoms with Crippen molar-refractivity contribution in [3.63, 3.8) is 0 Å². The molecule has 6 nitrogen and oxygen atoms in total. The van der Waals surface area contributed by atoms with Gasteiger partial charge in [-0.25, -0.2) is 9.97 Å². The van der Waals surface area contributed by atoms with Crippen molar-refractivity contribution < 1.29 is 9.53 Å². The summed E-state index contributed by atoms with van der Waals surface area (Å²) in [5.74, 6) is 1.40. The highest BCUT2D eigenvalue weighted by Gasteiger charge is 2.57. The average Bonchev–Trinajstić information content (AvgIpc) is 3.39. The molecule has 1 saturated heterocycles. The van der Waals surface area contributed by atoms with E-state index in [4.69, 9.17) is 4.74 Å². The number of rotatable bonds is 4. The highest BCUT2D eigenvalue weighted by Crippen LogP contribution is 2.60. The minimum Gasteiger partial charge on any atom is -0.469 e. The van der Waals surface area contributed by atoms with Gasteiger partial charge in [0.1, 0.15) is 5.03 Å². The maximum atomic E-state index is 11.7. The number of nitrogens with one attached hydrogen (secondary N) is 1. The van der Waals surface area contributed by atoms with Gasteiger partial charge in [-0.2, -0.15) is 0 Å². The Morgan fingerprint density at radius 3 is 3.15 bits per heavy atom. The van der Waals surface area contributed by atoms with Crippen LogP contribution < -0.4 is 5.32 Å². The molecule has 2 aliphatic heterocycles.